The Balaban J connectivity index is 2.36. The molecule has 0 amide bonds. The van der Waals surface area contributed by atoms with Gasteiger partial charge < -0.3 is 18.9 Å². The van der Waals surface area contributed by atoms with E-state index in [-0.39, 0.29) is 5.97 Å². The van der Waals surface area contributed by atoms with Crippen molar-refractivity contribution in [1.82, 2.24) is 0 Å². The average Bonchev–Trinajstić information content (AvgIpc) is 2.90. The molecule has 1 aromatic carbocycles. The van der Waals surface area contributed by atoms with E-state index in [0.29, 0.717) is 36.2 Å². The molecule has 0 aliphatic carbocycles. The molecule has 1 rings (SSSR count). The van der Waals surface area contributed by atoms with Crippen molar-refractivity contribution in [3.63, 3.8) is 0 Å². The Morgan fingerprint density at radius 3 is 2.19 bits per heavy atom. The molecular weight excluding hydrogens is 468 g/mol. The Morgan fingerprint density at radius 1 is 0.919 bits per heavy atom. The van der Waals surface area contributed by atoms with Crippen LogP contribution in [0.2, 0.25) is 0 Å². The third kappa shape index (κ3) is 15.2. The number of carbonyl (C=O) groups excluding carboxylic acids is 2. The Morgan fingerprint density at radius 2 is 1.57 bits per heavy atom. The van der Waals surface area contributed by atoms with Gasteiger partial charge in [-0.15, -0.1) is 0 Å². The lowest BCUT2D eigenvalue weighted by Gasteiger charge is -2.17. The zero-order valence-electron chi connectivity index (χ0n) is 23.5. The van der Waals surface area contributed by atoms with Crippen molar-refractivity contribution >= 4 is 18.0 Å². The molecule has 0 N–H and O–H groups in total. The minimum Gasteiger partial charge on any atom is -0.493 e. The number of esters is 2. The molecule has 0 radical (unpaired) electrons. The molecular formula is C31H48O6. The third-order valence-electron chi connectivity index (χ3n) is 6.33. The van der Waals surface area contributed by atoms with Gasteiger partial charge in [-0.25, -0.2) is 9.59 Å². The van der Waals surface area contributed by atoms with Crippen molar-refractivity contribution in [3.8, 4) is 11.5 Å². The van der Waals surface area contributed by atoms with E-state index < -0.39 is 5.97 Å². The molecule has 1 unspecified atom stereocenters. The highest BCUT2D eigenvalue weighted by molar-refractivity contribution is 5.87. The first-order chi connectivity index (χ1) is 17.9. The summed E-state index contributed by atoms with van der Waals surface area (Å²) in [6.45, 7) is 8.72. The summed E-state index contributed by atoms with van der Waals surface area (Å²) in [4.78, 5) is 23.1. The standard InChI is InChI=1S/C31H48O6/c1-6-7-8-9-10-13-16-27(24-37-31(33)25(2)3)17-14-11-12-15-22-36-28-20-18-26(23-29(28)34-4)19-21-30(32)35-5/h18-21,23,27H,2,6-17,22,24H2,1,3-5H3. The molecule has 6 nitrogen and oxygen atoms in total. The molecule has 0 saturated carbocycles. The molecule has 0 saturated heterocycles. The zero-order chi connectivity index (χ0) is 27.3. The van der Waals surface area contributed by atoms with Crippen LogP contribution >= 0.6 is 0 Å². The van der Waals surface area contributed by atoms with E-state index in [1.54, 1.807) is 20.1 Å². The molecule has 1 atom stereocenters. The van der Waals surface area contributed by atoms with Crippen LogP contribution < -0.4 is 9.47 Å². The van der Waals surface area contributed by atoms with Gasteiger partial charge in [0.05, 0.1) is 27.4 Å². The second kappa shape index (κ2) is 20.3. The fourth-order valence-electron chi connectivity index (χ4n) is 4.05. The maximum atomic E-state index is 11.8. The Labute approximate surface area is 224 Å². The van der Waals surface area contributed by atoms with E-state index >= 15 is 0 Å². The zero-order valence-corrected chi connectivity index (χ0v) is 23.5. The van der Waals surface area contributed by atoms with Gasteiger partial charge in [-0.05, 0) is 55.9 Å². The quantitative estimate of drug-likeness (QED) is 0.0947. The maximum absolute atomic E-state index is 11.8. The molecule has 0 aliphatic rings. The number of carbonyl (C=O) groups is 2. The molecule has 37 heavy (non-hydrogen) atoms. The summed E-state index contributed by atoms with van der Waals surface area (Å²) in [5, 5.41) is 0. The SMILES string of the molecule is C=C(C)C(=O)OCC(CCCCCCCC)CCCCCCOc1ccc(C=CC(=O)OC)cc1OC. The molecule has 0 aromatic heterocycles. The van der Waals surface area contributed by atoms with E-state index in [1.165, 1.54) is 51.7 Å². The van der Waals surface area contributed by atoms with Crippen molar-refractivity contribution < 1.29 is 28.5 Å². The van der Waals surface area contributed by atoms with Crippen LogP contribution in [0.1, 0.15) is 96.5 Å². The molecule has 0 aliphatic heterocycles. The Hall–Kier alpha value is -2.76. The van der Waals surface area contributed by atoms with Gasteiger partial charge in [0.2, 0.25) is 0 Å². The molecule has 1 aromatic rings. The van der Waals surface area contributed by atoms with Gasteiger partial charge in [0.1, 0.15) is 0 Å². The summed E-state index contributed by atoms with van der Waals surface area (Å²) >= 11 is 0. The molecule has 6 heteroatoms. The minimum absolute atomic E-state index is 0.284. The van der Waals surface area contributed by atoms with Gasteiger partial charge in [-0.3, -0.25) is 0 Å². The van der Waals surface area contributed by atoms with Crippen LogP contribution in [0, 0.1) is 5.92 Å². The van der Waals surface area contributed by atoms with Crippen LogP contribution in [0.3, 0.4) is 0 Å². The third-order valence-corrected chi connectivity index (χ3v) is 6.33. The summed E-state index contributed by atoms with van der Waals surface area (Å²) < 4.78 is 21.5. The van der Waals surface area contributed by atoms with Crippen molar-refractivity contribution in [1.29, 1.82) is 0 Å². The fraction of sp³-hybridized carbons (Fsp3) is 0.613. The average molecular weight is 517 g/mol. The van der Waals surface area contributed by atoms with Gasteiger partial charge in [0.25, 0.3) is 0 Å². The molecule has 0 bridgehead atoms. The van der Waals surface area contributed by atoms with E-state index in [2.05, 4.69) is 18.2 Å². The van der Waals surface area contributed by atoms with Crippen molar-refractivity contribution in [2.45, 2.75) is 90.9 Å². The monoisotopic (exact) mass is 516 g/mol. The topological polar surface area (TPSA) is 71.1 Å². The predicted octanol–water partition coefficient (Wildman–Crippen LogP) is 7.70. The lowest BCUT2D eigenvalue weighted by Crippen LogP contribution is -2.15. The second-order valence-electron chi connectivity index (χ2n) is 9.62. The van der Waals surface area contributed by atoms with Gasteiger partial charge >= 0.3 is 11.9 Å². The number of unbranched alkanes of at least 4 members (excludes halogenated alkanes) is 8. The first-order valence-electron chi connectivity index (χ1n) is 13.8. The second-order valence-corrected chi connectivity index (χ2v) is 9.62. The first kappa shape index (κ1) is 32.3. The van der Waals surface area contributed by atoms with Crippen molar-refractivity contribution in [2.75, 3.05) is 27.4 Å². The van der Waals surface area contributed by atoms with Crippen LogP contribution in [0.15, 0.2) is 36.4 Å². The molecule has 0 heterocycles. The fourth-order valence-corrected chi connectivity index (χ4v) is 4.05. The molecule has 0 fully saturated rings. The van der Waals surface area contributed by atoms with Gasteiger partial charge in [0.15, 0.2) is 11.5 Å². The molecule has 0 spiro atoms. The van der Waals surface area contributed by atoms with Crippen molar-refractivity contribution in [2.24, 2.45) is 5.92 Å². The highest BCUT2D eigenvalue weighted by atomic mass is 16.5. The number of hydrogen-bond acceptors (Lipinski definition) is 6. The lowest BCUT2D eigenvalue weighted by atomic mass is 9.95. The number of rotatable bonds is 21. The Bertz CT molecular complexity index is 829. The predicted molar refractivity (Wildman–Crippen MR) is 150 cm³/mol. The van der Waals surface area contributed by atoms with Crippen LogP contribution in [0.4, 0.5) is 0 Å². The lowest BCUT2D eigenvalue weighted by molar-refractivity contribution is -0.140. The van der Waals surface area contributed by atoms with Crippen LogP contribution in [0.5, 0.6) is 11.5 Å². The minimum atomic E-state index is -0.402. The highest BCUT2D eigenvalue weighted by Gasteiger charge is 2.13. The number of benzene rings is 1. The van der Waals surface area contributed by atoms with Crippen LogP contribution in [-0.4, -0.2) is 39.4 Å². The number of methoxy groups -OCH3 is 2. The van der Waals surface area contributed by atoms with E-state index in [9.17, 15) is 9.59 Å². The number of hydrogen-bond donors (Lipinski definition) is 0. The number of ether oxygens (including phenoxy) is 4. The summed E-state index contributed by atoms with van der Waals surface area (Å²) in [5.41, 5.74) is 1.29. The van der Waals surface area contributed by atoms with Crippen molar-refractivity contribution in [3.05, 3.63) is 42.0 Å². The van der Waals surface area contributed by atoms with Crippen LogP contribution in [0.25, 0.3) is 6.08 Å². The molecule has 208 valence electrons. The smallest absolute Gasteiger partial charge is 0.333 e. The summed E-state index contributed by atoms with van der Waals surface area (Å²) in [6, 6.07) is 5.57. The van der Waals surface area contributed by atoms with Gasteiger partial charge in [-0.1, -0.05) is 77.4 Å². The Kier molecular flexibility index (Phi) is 17.7. The van der Waals surface area contributed by atoms with E-state index in [1.807, 2.05) is 18.2 Å². The summed E-state index contributed by atoms with van der Waals surface area (Å²) in [5.74, 6) is 1.06. The van der Waals surface area contributed by atoms with E-state index in [0.717, 1.165) is 44.1 Å². The first-order valence-corrected chi connectivity index (χ1v) is 13.8. The normalized spacial score (nSPS) is 11.8. The van der Waals surface area contributed by atoms with E-state index in [4.69, 9.17) is 14.2 Å². The van der Waals surface area contributed by atoms with Gasteiger partial charge in [0, 0.05) is 11.6 Å². The maximum Gasteiger partial charge on any atom is 0.333 e. The summed E-state index contributed by atoms with van der Waals surface area (Å²) in [6.07, 6.45) is 17.2. The summed E-state index contributed by atoms with van der Waals surface area (Å²) in [7, 11) is 2.95. The van der Waals surface area contributed by atoms with Crippen LogP contribution in [-0.2, 0) is 19.1 Å². The highest BCUT2D eigenvalue weighted by Crippen LogP contribution is 2.29. The largest absolute Gasteiger partial charge is 0.493 e. The van der Waals surface area contributed by atoms with Gasteiger partial charge in [-0.2, -0.15) is 0 Å².